The molecule has 0 fully saturated rings. The normalized spacial score (nSPS) is 11.1. The van der Waals surface area contributed by atoms with Crippen molar-refractivity contribution >= 4 is 11.0 Å². The molecule has 4 heteroatoms. The maximum absolute atomic E-state index is 11.4. The molecule has 0 amide bonds. The molecule has 1 aromatic carbocycles. The number of phenols is 1. The van der Waals surface area contributed by atoms with Gasteiger partial charge in [-0.15, -0.1) is 0 Å². The van der Waals surface area contributed by atoms with E-state index in [2.05, 4.69) is 0 Å². The summed E-state index contributed by atoms with van der Waals surface area (Å²) >= 11 is 0. The average Bonchev–Trinajstić information content (AvgIpc) is 2.26. The van der Waals surface area contributed by atoms with Crippen LogP contribution in [0.4, 0.5) is 0 Å². The van der Waals surface area contributed by atoms with Gasteiger partial charge in [-0.2, -0.15) is 0 Å². The Morgan fingerprint density at radius 1 is 1.29 bits per heavy atom. The zero-order valence-corrected chi connectivity index (χ0v) is 9.98. The molecule has 0 saturated heterocycles. The molecular formula is C13H14O4. The molecule has 17 heavy (non-hydrogen) atoms. The van der Waals surface area contributed by atoms with Crippen LogP contribution in [0, 0.1) is 0 Å². The van der Waals surface area contributed by atoms with Gasteiger partial charge in [-0.05, 0) is 17.5 Å². The first kappa shape index (κ1) is 11.5. The minimum Gasteiger partial charge on any atom is -0.504 e. The van der Waals surface area contributed by atoms with Crippen LogP contribution in [0.5, 0.6) is 11.5 Å². The summed E-state index contributed by atoms with van der Waals surface area (Å²) in [5, 5.41) is 10.4. The van der Waals surface area contributed by atoms with Crippen molar-refractivity contribution in [2.75, 3.05) is 7.11 Å². The third kappa shape index (κ3) is 1.98. The van der Waals surface area contributed by atoms with Gasteiger partial charge >= 0.3 is 5.63 Å². The van der Waals surface area contributed by atoms with Crippen molar-refractivity contribution in [2.24, 2.45) is 0 Å². The van der Waals surface area contributed by atoms with Gasteiger partial charge in [-0.3, -0.25) is 0 Å². The molecule has 1 heterocycles. The highest BCUT2D eigenvalue weighted by Crippen LogP contribution is 2.33. The van der Waals surface area contributed by atoms with Crippen LogP contribution in [-0.4, -0.2) is 12.2 Å². The zero-order chi connectivity index (χ0) is 12.6. The van der Waals surface area contributed by atoms with Crippen molar-refractivity contribution in [1.82, 2.24) is 0 Å². The topological polar surface area (TPSA) is 59.7 Å². The summed E-state index contributed by atoms with van der Waals surface area (Å²) in [4.78, 5) is 11.4. The lowest BCUT2D eigenvalue weighted by Gasteiger charge is -2.10. The summed E-state index contributed by atoms with van der Waals surface area (Å²) in [5.41, 5.74) is 0.847. The molecule has 0 aliphatic rings. The number of hydrogen-bond donors (Lipinski definition) is 1. The smallest absolute Gasteiger partial charge is 0.336 e. The largest absolute Gasteiger partial charge is 0.504 e. The van der Waals surface area contributed by atoms with Crippen molar-refractivity contribution in [2.45, 2.75) is 19.8 Å². The van der Waals surface area contributed by atoms with Gasteiger partial charge in [0.15, 0.2) is 11.5 Å². The molecule has 0 atom stereocenters. The maximum Gasteiger partial charge on any atom is 0.336 e. The van der Waals surface area contributed by atoms with Gasteiger partial charge in [0.05, 0.1) is 7.11 Å². The molecule has 0 aliphatic heterocycles. The molecule has 1 N–H and O–H groups in total. The van der Waals surface area contributed by atoms with E-state index in [1.807, 2.05) is 13.8 Å². The monoisotopic (exact) mass is 234 g/mol. The van der Waals surface area contributed by atoms with Crippen molar-refractivity contribution in [1.29, 1.82) is 0 Å². The van der Waals surface area contributed by atoms with E-state index in [1.165, 1.54) is 19.2 Å². The highest BCUT2D eigenvalue weighted by atomic mass is 16.5. The van der Waals surface area contributed by atoms with Gasteiger partial charge in [0.25, 0.3) is 0 Å². The molecule has 0 radical (unpaired) electrons. The molecule has 2 aromatic rings. The highest BCUT2D eigenvalue weighted by molar-refractivity contribution is 5.84. The molecule has 0 unspecified atom stereocenters. The SMILES string of the molecule is COc1cc2c(C(C)C)cc(=O)oc2cc1O. The van der Waals surface area contributed by atoms with E-state index in [0.29, 0.717) is 11.3 Å². The molecular weight excluding hydrogens is 220 g/mol. The van der Waals surface area contributed by atoms with Crippen LogP contribution in [-0.2, 0) is 0 Å². The Hall–Kier alpha value is -1.97. The predicted molar refractivity (Wildman–Crippen MR) is 64.8 cm³/mol. The molecule has 0 spiro atoms. The fraction of sp³-hybridized carbons (Fsp3) is 0.308. The second kappa shape index (κ2) is 4.13. The van der Waals surface area contributed by atoms with E-state index in [9.17, 15) is 9.90 Å². The quantitative estimate of drug-likeness (QED) is 0.811. The van der Waals surface area contributed by atoms with E-state index < -0.39 is 5.63 Å². The summed E-state index contributed by atoms with van der Waals surface area (Å²) in [6.07, 6.45) is 0. The van der Waals surface area contributed by atoms with Crippen molar-refractivity contribution < 1.29 is 14.3 Å². The highest BCUT2D eigenvalue weighted by Gasteiger charge is 2.12. The lowest BCUT2D eigenvalue weighted by molar-refractivity contribution is 0.373. The minimum absolute atomic E-state index is 0.0379. The fourth-order valence-electron chi connectivity index (χ4n) is 1.84. The molecule has 2 rings (SSSR count). The number of fused-ring (bicyclic) bond motifs is 1. The molecule has 1 aromatic heterocycles. The van der Waals surface area contributed by atoms with Gasteiger partial charge in [0.2, 0.25) is 0 Å². The van der Waals surface area contributed by atoms with Gasteiger partial charge in [-0.1, -0.05) is 13.8 Å². The minimum atomic E-state index is -0.411. The van der Waals surface area contributed by atoms with Gasteiger partial charge in [0.1, 0.15) is 5.58 Å². The van der Waals surface area contributed by atoms with Crippen LogP contribution in [0.2, 0.25) is 0 Å². The summed E-state index contributed by atoms with van der Waals surface area (Å²) in [5.74, 6) is 0.521. The molecule has 90 valence electrons. The second-order valence-electron chi connectivity index (χ2n) is 4.20. The zero-order valence-electron chi connectivity index (χ0n) is 9.98. The van der Waals surface area contributed by atoms with Crippen LogP contribution < -0.4 is 10.4 Å². The van der Waals surface area contributed by atoms with E-state index in [1.54, 1.807) is 6.07 Å². The maximum atomic E-state index is 11.4. The van der Waals surface area contributed by atoms with E-state index in [-0.39, 0.29) is 11.7 Å². The summed E-state index contributed by atoms with van der Waals surface area (Å²) < 4.78 is 10.1. The number of methoxy groups -OCH3 is 1. The Morgan fingerprint density at radius 3 is 2.59 bits per heavy atom. The Balaban J connectivity index is 2.86. The molecule has 0 aliphatic carbocycles. The number of aromatic hydroxyl groups is 1. The van der Waals surface area contributed by atoms with E-state index in [4.69, 9.17) is 9.15 Å². The summed E-state index contributed by atoms with van der Waals surface area (Å²) in [6.45, 7) is 3.99. The van der Waals surface area contributed by atoms with Crippen LogP contribution in [0.25, 0.3) is 11.0 Å². The first-order valence-corrected chi connectivity index (χ1v) is 5.37. The van der Waals surface area contributed by atoms with Crippen LogP contribution in [0.1, 0.15) is 25.3 Å². The summed E-state index contributed by atoms with van der Waals surface area (Å²) in [6, 6.07) is 4.56. The van der Waals surface area contributed by atoms with Crippen LogP contribution >= 0.6 is 0 Å². The van der Waals surface area contributed by atoms with Crippen LogP contribution in [0.15, 0.2) is 27.4 Å². The van der Waals surface area contributed by atoms with Gasteiger partial charge < -0.3 is 14.3 Å². The Kier molecular flexibility index (Phi) is 2.79. The van der Waals surface area contributed by atoms with Crippen molar-refractivity contribution in [3.05, 3.63) is 34.2 Å². The summed E-state index contributed by atoms with van der Waals surface area (Å²) in [7, 11) is 1.48. The first-order chi connectivity index (χ1) is 8.02. The Bertz CT molecular complexity index is 611. The third-order valence-electron chi connectivity index (χ3n) is 2.70. The third-order valence-corrected chi connectivity index (χ3v) is 2.70. The standard InChI is InChI=1S/C13H14O4/c1-7(2)8-5-13(15)17-11-6-10(14)12(16-3)4-9(8)11/h4-7,14H,1-3H3. The van der Waals surface area contributed by atoms with E-state index >= 15 is 0 Å². The lowest BCUT2D eigenvalue weighted by Crippen LogP contribution is -2.02. The van der Waals surface area contributed by atoms with Gasteiger partial charge in [0, 0.05) is 17.5 Å². The van der Waals surface area contributed by atoms with Crippen molar-refractivity contribution in [3.8, 4) is 11.5 Å². The number of rotatable bonds is 2. The Labute approximate surface area is 98.4 Å². The number of benzene rings is 1. The fourth-order valence-corrected chi connectivity index (χ4v) is 1.84. The van der Waals surface area contributed by atoms with E-state index in [0.717, 1.165) is 10.9 Å². The Morgan fingerprint density at radius 2 is 2.00 bits per heavy atom. The van der Waals surface area contributed by atoms with Crippen molar-refractivity contribution in [3.63, 3.8) is 0 Å². The molecule has 0 saturated carbocycles. The number of phenolic OH excluding ortho intramolecular Hbond substituents is 1. The van der Waals surface area contributed by atoms with Crippen LogP contribution in [0.3, 0.4) is 0 Å². The number of hydrogen-bond acceptors (Lipinski definition) is 4. The molecule has 4 nitrogen and oxygen atoms in total. The number of ether oxygens (including phenoxy) is 1. The predicted octanol–water partition coefficient (Wildman–Crippen LogP) is 2.63. The van der Waals surface area contributed by atoms with Gasteiger partial charge in [-0.25, -0.2) is 4.79 Å². The molecule has 0 bridgehead atoms. The first-order valence-electron chi connectivity index (χ1n) is 5.37. The average molecular weight is 234 g/mol. The lowest BCUT2D eigenvalue weighted by atomic mass is 9.99. The second-order valence-corrected chi connectivity index (χ2v) is 4.20.